The zero-order chi connectivity index (χ0) is 17.8. The summed E-state index contributed by atoms with van der Waals surface area (Å²) in [5, 5.41) is 28.3. The summed E-state index contributed by atoms with van der Waals surface area (Å²) in [5.74, 6) is -0.0207. The number of aliphatic hydroxyl groups excluding tert-OH is 3. The van der Waals surface area contributed by atoms with Crippen molar-refractivity contribution < 1.29 is 43.8 Å². The molecule has 0 bridgehead atoms. The van der Waals surface area contributed by atoms with Gasteiger partial charge in [-0.25, -0.2) is 0 Å². The summed E-state index contributed by atoms with van der Waals surface area (Å²) in [5.41, 5.74) is 0. The van der Waals surface area contributed by atoms with Crippen molar-refractivity contribution in [2.45, 2.75) is 37.9 Å². The van der Waals surface area contributed by atoms with Crippen molar-refractivity contribution in [3.8, 4) is 0 Å². The SMILES string of the molecule is CC(=O)COCCOCCOCCO[C@H]1C[C@@H](O)[C@@H](O)[C@@H](CO)O1. The van der Waals surface area contributed by atoms with Gasteiger partial charge in [-0.3, -0.25) is 4.79 Å². The summed E-state index contributed by atoms with van der Waals surface area (Å²) in [4.78, 5) is 10.6. The van der Waals surface area contributed by atoms with Crippen molar-refractivity contribution >= 4 is 5.78 Å². The quantitative estimate of drug-likeness (QED) is 0.339. The lowest BCUT2D eigenvalue weighted by Gasteiger charge is -2.35. The Bertz CT molecular complexity index is 339. The molecule has 0 radical (unpaired) electrons. The van der Waals surface area contributed by atoms with Gasteiger partial charge < -0.3 is 39.0 Å². The number of ether oxygens (including phenoxy) is 5. The lowest BCUT2D eigenvalue weighted by Crippen LogP contribution is -2.50. The Labute approximate surface area is 141 Å². The van der Waals surface area contributed by atoms with Crippen molar-refractivity contribution in [2.24, 2.45) is 0 Å². The number of ketones is 1. The number of hydrogen-bond donors (Lipinski definition) is 3. The van der Waals surface area contributed by atoms with E-state index in [0.29, 0.717) is 33.0 Å². The smallest absolute Gasteiger partial charge is 0.160 e. The molecule has 142 valence electrons. The van der Waals surface area contributed by atoms with Gasteiger partial charge in [0.1, 0.15) is 18.8 Å². The normalized spacial score (nSPS) is 27.3. The molecule has 4 atom stereocenters. The average Bonchev–Trinajstić information content (AvgIpc) is 2.55. The summed E-state index contributed by atoms with van der Waals surface area (Å²) < 4.78 is 26.3. The van der Waals surface area contributed by atoms with Crippen LogP contribution in [-0.4, -0.2) is 98.6 Å². The van der Waals surface area contributed by atoms with Gasteiger partial charge in [0.15, 0.2) is 12.1 Å². The first-order valence-electron chi connectivity index (χ1n) is 8.01. The summed E-state index contributed by atoms with van der Waals surface area (Å²) in [6.07, 6.45) is -3.48. The fourth-order valence-electron chi connectivity index (χ4n) is 2.07. The number of aliphatic hydroxyl groups is 3. The monoisotopic (exact) mass is 352 g/mol. The van der Waals surface area contributed by atoms with E-state index in [1.54, 1.807) is 0 Å². The minimum absolute atomic E-state index is 0.0207. The molecule has 0 spiro atoms. The molecular weight excluding hydrogens is 324 g/mol. The fourth-order valence-corrected chi connectivity index (χ4v) is 2.07. The molecule has 1 rings (SSSR count). The molecule has 1 aliphatic rings. The molecule has 0 unspecified atom stereocenters. The highest BCUT2D eigenvalue weighted by atomic mass is 16.7. The zero-order valence-corrected chi connectivity index (χ0v) is 14.0. The van der Waals surface area contributed by atoms with Crippen LogP contribution in [0.3, 0.4) is 0 Å². The maximum atomic E-state index is 10.6. The molecule has 1 heterocycles. The van der Waals surface area contributed by atoms with Crippen molar-refractivity contribution in [3.63, 3.8) is 0 Å². The van der Waals surface area contributed by atoms with Gasteiger partial charge in [0.25, 0.3) is 0 Å². The lowest BCUT2D eigenvalue weighted by atomic mass is 10.0. The van der Waals surface area contributed by atoms with Gasteiger partial charge in [0, 0.05) is 6.42 Å². The Balaban J connectivity index is 1.92. The minimum Gasteiger partial charge on any atom is -0.394 e. The predicted octanol–water partition coefficient (Wildman–Crippen LogP) is -1.53. The van der Waals surface area contributed by atoms with Gasteiger partial charge in [-0.1, -0.05) is 0 Å². The summed E-state index contributed by atoms with van der Waals surface area (Å²) in [6, 6.07) is 0. The highest BCUT2D eigenvalue weighted by Crippen LogP contribution is 2.20. The van der Waals surface area contributed by atoms with Crippen LogP contribution in [0.4, 0.5) is 0 Å². The standard InChI is InChI=1S/C15H28O9/c1-11(17)10-22-5-4-20-2-3-21-6-7-23-14-8-12(18)15(19)13(9-16)24-14/h12-16,18-19H,2-10H2,1H3/t12-,13-,14-,15-/m1/s1. The van der Waals surface area contributed by atoms with Crippen molar-refractivity contribution in [1.29, 1.82) is 0 Å². The summed E-state index contributed by atoms with van der Waals surface area (Å²) >= 11 is 0. The van der Waals surface area contributed by atoms with E-state index in [0.717, 1.165) is 0 Å². The maximum Gasteiger partial charge on any atom is 0.160 e. The molecule has 0 saturated carbocycles. The van der Waals surface area contributed by atoms with Gasteiger partial charge in [0.05, 0.1) is 52.4 Å². The van der Waals surface area contributed by atoms with Crippen molar-refractivity contribution in [2.75, 3.05) is 52.9 Å². The fraction of sp³-hybridized carbons (Fsp3) is 0.933. The van der Waals surface area contributed by atoms with E-state index in [-0.39, 0.29) is 32.0 Å². The Hall–Kier alpha value is -0.650. The molecule has 9 heteroatoms. The van der Waals surface area contributed by atoms with E-state index in [1.807, 2.05) is 0 Å². The van der Waals surface area contributed by atoms with E-state index < -0.39 is 24.6 Å². The van der Waals surface area contributed by atoms with Gasteiger partial charge in [-0.15, -0.1) is 0 Å². The van der Waals surface area contributed by atoms with E-state index in [1.165, 1.54) is 6.92 Å². The van der Waals surface area contributed by atoms with Gasteiger partial charge >= 0.3 is 0 Å². The molecule has 0 amide bonds. The van der Waals surface area contributed by atoms with Crippen LogP contribution in [-0.2, 0) is 28.5 Å². The third-order valence-electron chi connectivity index (χ3n) is 3.30. The zero-order valence-electron chi connectivity index (χ0n) is 14.0. The average molecular weight is 352 g/mol. The molecule has 0 aliphatic carbocycles. The summed E-state index contributed by atoms with van der Waals surface area (Å²) in [7, 11) is 0. The van der Waals surface area contributed by atoms with Gasteiger partial charge in [0.2, 0.25) is 0 Å². The van der Waals surface area contributed by atoms with E-state index in [9.17, 15) is 15.0 Å². The number of carbonyl (C=O) groups excluding carboxylic acids is 1. The third-order valence-corrected chi connectivity index (χ3v) is 3.30. The molecule has 24 heavy (non-hydrogen) atoms. The van der Waals surface area contributed by atoms with Crippen LogP contribution in [0.2, 0.25) is 0 Å². The van der Waals surface area contributed by atoms with Crippen LogP contribution in [0.5, 0.6) is 0 Å². The van der Waals surface area contributed by atoms with Crippen LogP contribution in [0.25, 0.3) is 0 Å². The van der Waals surface area contributed by atoms with Gasteiger partial charge in [-0.05, 0) is 6.92 Å². The first kappa shape index (κ1) is 21.4. The van der Waals surface area contributed by atoms with E-state index in [4.69, 9.17) is 28.8 Å². The second-order valence-electron chi connectivity index (χ2n) is 5.43. The molecule has 3 N–H and O–H groups in total. The van der Waals surface area contributed by atoms with Crippen LogP contribution in [0.1, 0.15) is 13.3 Å². The van der Waals surface area contributed by atoms with Gasteiger partial charge in [-0.2, -0.15) is 0 Å². The predicted molar refractivity (Wildman–Crippen MR) is 81.5 cm³/mol. The van der Waals surface area contributed by atoms with Crippen LogP contribution < -0.4 is 0 Å². The molecule has 1 aliphatic heterocycles. The highest BCUT2D eigenvalue weighted by Gasteiger charge is 2.36. The second-order valence-corrected chi connectivity index (χ2v) is 5.43. The number of carbonyl (C=O) groups is 1. The van der Waals surface area contributed by atoms with E-state index >= 15 is 0 Å². The topological polar surface area (TPSA) is 124 Å². The maximum absolute atomic E-state index is 10.6. The first-order chi connectivity index (χ1) is 11.5. The molecule has 1 saturated heterocycles. The van der Waals surface area contributed by atoms with Crippen molar-refractivity contribution in [1.82, 2.24) is 0 Å². The highest BCUT2D eigenvalue weighted by molar-refractivity contribution is 5.76. The molecule has 0 aromatic carbocycles. The minimum atomic E-state index is -1.11. The first-order valence-corrected chi connectivity index (χ1v) is 8.01. The number of rotatable bonds is 13. The van der Waals surface area contributed by atoms with Crippen molar-refractivity contribution in [3.05, 3.63) is 0 Å². The van der Waals surface area contributed by atoms with Crippen LogP contribution in [0.15, 0.2) is 0 Å². The molecule has 1 fully saturated rings. The largest absolute Gasteiger partial charge is 0.394 e. The molecular formula is C15H28O9. The Morgan fingerprint density at radius 3 is 2.21 bits per heavy atom. The Kier molecular flexibility index (Phi) is 11.3. The van der Waals surface area contributed by atoms with E-state index in [2.05, 4.69) is 0 Å². The number of Topliss-reactive ketones (excluding diaryl/α,β-unsaturated/α-hetero) is 1. The third kappa shape index (κ3) is 9.00. The number of hydrogen-bond acceptors (Lipinski definition) is 9. The van der Waals surface area contributed by atoms with Crippen LogP contribution >= 0.6 is 0 Å². The molecule has 0 aromatic rings. The molecule has 0 aromatic heterocycles. The lowest BCUT2D eigenvalue weighted by molar-refractivity contribution is -0.259. The second kappa shape index (κ2) is 12.7. The Morgan fingerprint density at radius 2 is 1.62 bits per heavy atom. The van der Waals surface area contributed by atoms with Crippen LogP contribution in [0, 0.1) is 0 Å². The Morgan fingerprint density at radius 1 is 1.04 bits per heavy atom. The molecule has 9 nitrogen and oxygen atoms in total. The summed E-state index contributed by atoms with van der Waals surface area (Å²) in [6.45, 7) is 3.31.